The minimum Gasteiger partial charge on any atom is -0.396 e. The van der Waals surface area contributed by atoms with E-state index in [1.54, 1.807) is 0 Å². The van der Waals surface area contributed by atoms with Gasteiger partial charge < -0.3 is 10.4 Å². The first-order valence-electron chi connectivity index (χ1n) is 6.78. The summed E-state index contributed by atoms with van der Waals surface area (Å²) in [7, 11) is 0. The number of aliphatic hydroxyl groups excluding tert-OH is 1. The van der Waals surface area contributed by atoms with Crippen LogP contribution in [0.2, 0.25) is 0 Å². The van der Waals surface area contributed by atoms with Crippen LogP contribution in [0, 0.1) is 10.8 Å². The minimum absolute atomic E-state index is 0.0491. The smallest absolute Gasteiger partial charge is 0.0496 e. The Hall–Kier alpha value is -0.0800. The van der Waals surface area contributed by atoms with Crippen LogP contribution in [0.4, 0.5) is 0 Å². The molecule has 0 heterocycles. The summed E-state index contributed by atoms with van der Waals surface area (Å²) in [6, 6.07) is 0.624. The van der Waals surface area contributed by atoms with Crippen molar-refractivity contribution in [3.8, 4) is 0 Å². The quantitative estimate of drug-likeness (QED) is 0.757. The monoisotopic (exact) mass is 227 g/mol. The molecule has 0 amide bonds. The van der Waals surface area contributed by atoms with Gasteiger partial charge in [0.05, 0.1) is 0 Å². The lowest BCUT2D eigenvalue weighted by Crippen LogP contribution is -2.48. The summed E-state index contributed by atoms with van der Waals surface area (Å²) >= 11 is 0. The van der Waals surface area contributed by atoms with E-state index < -0.39 is 0 Å². The van der Waals surface area contributed by atoms with Gasteiger partial charge in [-0.1, -0.05) is 40.5 Å². The third-order valence-electron chi connectivity index (χ3n) is 4.52. The summed E-state index contributed by atoms with van der Waals surface area (Å²) < 4.78 is 0. The van der Waals surface area contributed by atoms with Crippen molar-refractivity contribution in [1.82, 2.24) is 5.32 Å². The molecule has 0 spiro atoms. The molecule has 2 N–H and O–H groups in total. The minimum atomic E-state index is 0.0491. The van der Waals surface area contributed by atoms with Crippen LogP contribution < -0.4 is 5.32 Å². The van der Waals surface area contributed by atoms with Gasteiger partial charge in [-0.3, -0.25) is 0 Å². The lowest BCUT2D eigenvalue weighted by Gasteiger charge is -2.41. The Morgan fingerprint density at radius 1 is 1.38 bits per heavy atom. The largest absolute Gasteiger partial charge is 0.396 e. The average molecular weight is 227 g/mol. The van der Waals surface area contributed by atoms with Crippen molar-refractivity contribution in [2.24, 2.45) is 10.8 Å². The van der Waals surface area contributed by atoms with Gasteiger partial charge in [0.15, 0.2) is 0 Å². The molecule has 0 saturated heterocycles. The van der Waals surface area contributed by atoms with Gasteiger partial charge in [0, 0.05) is 24.6 Å². The first-order valence-corrected chi connectivity index (χ1v) is 6.78. The Labute approximate surface area is 101 Å². The molecular weight excluding hydrogens is 198 g/mol. The highest BCUT2D eigenvalue weighted by molar-refractivity contribution is 4.89. The SMILES string of the molecule is CCC(C)(CO)CNC1CCCCC1(C)C. The molecule has 2 unspecified atom stereocenters. The van der Waals surface area contributed by atoms with E-state index in [1.165, 1.54) is 25.7 Å². The second-order valence-electron chi connectivity index (χ2n) is 6.49. The van der Waals surface area contributed by atoms with Gasteiger partial charge in [-0.2, -0.15) is 0 Å². The Bertz CT molecular complexity index is 209. The van der Waals surface area contributed by atoms with Gasteiger partial charge in [0.25, 0.3) is 0 Å². The van der Waals surface area contributed by atoms with Gasteiger partial charge in [-0.05, 0) is 24.7 Å². The van der Waals surface area contributed by atoms with Crippen molar-refractivity contribution in [2.45, 2.75) is 65.8 Å². The van der Waals surface area contributed by atoms with Crippen molar-refractivity contribution < 1.29 is 5.11 Å². The molecule has 1 aliphatic carbocycles. The van der Waals surface area contributed by atoms with Crippen LogP contribution in [-0.4, -0.2) is 24.3 Å². The molecule has 0 radical (unpaired) electrons. The predicted octanol–water partition coefficient (Wildman–Crippen LogP) is 2.95. The second-order valence-corrected chi connectivity index (χ2v) is 6.49. The maximum absolute atomic E-state index is 9.40. The van der Waals surface area contributed by atoms with Gasteiger partial charge >= 0.3 is 0 Å². The summed E-state index contributed by atoms with van der Waals surface area (Å²) in [5.74, 6) is 0. The zero-order chi connectivity index (χ0) is 12.2. The van der Waals surface area contributed by atoms with E-state index in [0.29, 0.717) is 11.5 Å². The molecule has 0 aromatic rings. The van der Waals surface area contributed by atoms with Crippen molar-refractivity contribution in [1.29, 1.82) is 0 Å². The van der Waals surface area contributed by atoms with E-state index in [0.717, 1.165) is 13.0 Å². The zero-order valence-electron chi connectivity index (χ0n) is 11.5. The molecule has 0 aliphatic heterocycles. The fraction of sp³-hybridized carbons (Fsp3) is 1.00. The average Bonchev–Trinajstić information content (AvgIpc) is 2.27. The molecule has 1 aliphatic rings. The number of hydrogen-bond acceptors (Lipinski definition) is 2. The number of aliphatic hydroxyl groups is 1. The summed E-state index contributed by atoms with van der Waals surface area (Å²) in [5, 5.41) is 13.1. The molecule has 1 saturated carbocycles. The van der Waals surface area contributed by atoms with Crippen molar-refractivity contribution in [3.05, 3.63) is 0 Å². The van der Waals surface area contributed by atoms with E-state index in [9.17, 15) is 5.11 Å². The predicted molar refractivity (Wildman–Crippen MR) is 69.5 cm³/mol. The van der Waals surface area contributed by atoms with Crippen LogP contribution in [0.3, 0.4) is 0 Å². The number of hydrogen-bond donors (Lipinski definition) is 2. The van der Waals surface area contributed by atoms with Crippen molar-refractivity contribution in [3.63, 3.8) is 0 Å². The molecule has 96 valence electrons. The molecule has 2 heteroatoms. The van der Waals surface area contributed by atoms with Gasteiger partial charge in [0.2, 0.25) is 0 Å². The lowest BCUT2D eigenvalue weighted by atomic mass is 9.73. The van der Waals surface area contributed by atoms with E-state index in [2.05, 4.69) is 33.0 Å². The maximum Gasteiger partial charge on any atom is 0.0496 e. The molecular formula is C14H29NO. The molecule has 0 bridgehead atoms. The van der Waals surface area contributed by atoms with Gasteiger partial charge in [0.1, 0.15) is 0 Å². The normalized spacial score (nSPS) is 28.7. The Kier molecular flexibility index (Phi) is 4.81. The topological polar surface area (TPSA) is 32.3 Å². The van der Waals surface area contributed by atoms with Crippen LogP contribution in [0.1, 0.15) is 59.8 Å². The summed E-state index contributed by atoms with van der Waals surface area (Å²) in [6.07, 6.45) is 6.37. The van der Waals surface area contributed by atoms with E-state index in [4.69, 9.17) is 0 Å². The highest BCUT2D eigenvalue weighted by Crippen LogP contribution is 2.35. The van der Waals surface area contributed by atoms with Crippen LogP contribution in [0.15, 0.2) is 0 Å². The second kappa shape index (κ2) is 5.50. The van der Waals surface area contributed by atoms with Gasteiger partial charge in [-0.25, -0.2) is 0 Å². The number of nitrogens with one attached hydrogen (secondary N) is 1. The molecule has 0 aromatic heterocycles. The molecule has 16 heavy (non-hydrogen) atoms. The first kappa shape index (κ1) is 14.0. The highest BCUT2D eigenvalue weighted by atomic mass is 16.3. The Morgan fingerprint density at radius 2 is 2.06 bits per heavy atom. The zero-order valence-corrected chi connectivity index (χ0v) is 11.5. The summed E-state index contributed by atoms with van der Waals surface area (Å²) in [5.41, 5.74) is 0.468. The van der Waals surface area contributed by atoms with Crippen LogP contribution in [0.25, 0.3) is 0 Å². The van der Waals surface area contributed by atoms with Crippen LogP contribution in [0.5, 0.6) is 0 Å². The van der Waals surface area contributed by atoms with Gasteiger partial charge in [-0.15, -0.1) is 0 Å². The first-order chi connectivity index (χ1) is 7.43. The molecule has 1 fully saturated rings. The maximum atomic E-state index is 9.40. The lowest BCUT2D eigenvalue weighted by molar-refractivity contribution is 0.106. The van der Waals surface area contributed by atoms with Crippen LogP contribution in [-0.2, 0) is 0 Å². The van der Waals surface area contributed by atoms with E-state index in [-0.39, 0.29) is 12.0 Å². The summed E-state index contributed by atoms with van der Waals surface area (Å²) in [4.78, 5) is 0. The fourth-order valence-corrected chi connectivity index (χ4v) is 2.53. The van der Waals surface area contributed by atoms with Crippen molar-refractivity contribution >= 4 is 0 Å². The van der Waals surface area contributed by atoms with E-state index >= 15 is 0 Å². The molecule has 1 rings (SSSR count). The van der Waals surface area contributed by atoms with E-state index in [1.807, 2.05) is 0 Å². The Morgan fingerprint density at radius 3 is 2.56 bits per heavy atom. The fourth-order valence-electron chi connectivity index (χ4n) is 2.53. The number of rotatable bonds is 5. The van der Waals surface area contributed by atoms with Crippen molar-refractivity contribution in [2.75, 3.05) is 13.2 Å². The van der Waals surface area contributed by atoms with Crippen LogP contribution >= 0.6 is 0 Å². The third kappa shape index (κ3) is 3.46. The summed E-state index contributed by atoms with van der Waals surface area (Å²) in [6.45, 7) is 10.3. The molecule has 0 aromatic carbocycles. The molecule has 2 nitrogen and oxygen atoms in total. The molecule has 2 atom stereocenters. The highest BCUT2D eigenvalue weighted by Gasteiger charge is 2.33. The Balaban J connectivity index is 2.47. The standard InChI is InChI=1S/C14H29NO/c1-5-14(4,11-16)10-15-12-8-6-7-9-13(12,2)3/h12,15-16H,5-11H2,1-4H3. The third-order valence-corrected chi connectivity index (χ3v) is 4.52.